The maximum Gasteiger partial charge on any atom is 0.231 e. The second kappa shape index (κ2) is 3.53. The van der Waals surface area contributed by atoms with Crippen molar-refractivity contribution in [3.8, 4) is 11.5 Å². The van der Waals surface area contributed by atoms with Crippen LogP contribution in [0.4, 0.5) is 5.69 Å². The van der Waals surface area contributed by atoms with Gasteiger partial charge in [-0.2, -0.15) is 0 Å². The van der Waals surface area contributed by atoms with Crippen LogP contribution in [0.3, 0.4) is 0 Å². The van der Waals surface area contributed by atoms with Crippen LogP contribution in [-0.2, 0) is 0 Å². The lowest BCUT2D eigenvalue weighted by molar-refractivity contribution is 0.174. The normalized spacial score (nSPS) is 25.4. The fourth-order valence-corrected chi connectivity index (χ4v) is 2.81. The Labute approximate surface area is 101 Å². The number of fused-ring (bicyclic) bond motifs is 1. The first-order valence-electron chi connectivity index (χ1n) is 5.99. The lowest BCUT2D eigenvalue weighted by Crippen LogP contribution is -2.38. The SMILES string of the molecule is CC1(C)CC(N)CN1c1ccc2c(c1)OCO2. The van der Waals surface area contributed by atoms with Crippen molar-refractivity contribution in [1.29, 1.82) is 0 Å². The molecule has 2 aliphatic heterocycles. The molecule has 1 aromatic carbocycles. The predicted molar refractivity (Wildman–Crippen MR) is 66.6 cm³/mol. The summed E-state index contributed by atoms with van der Waals surface area (Å²) < 4.78 is 10.7. The topological polar surface area (TPSA) is 47.7 Å². The average molecular weight is 234 g/mol. The van der Waals surface area contributed by atoms with Gasteiger partial charge in [0.15, 0.2) is 11.5 Å². The number of ether oxygens (including phenoxy) is 2. The zero-order chi connectivity index (χ0) is 12.0. The highest BCUT2D eigenvalue weighted by Crippen LogP contribution is 2.39. The molecule has 0 radical (unpaired) electrons. The second-order valence-corrected chi connectivity index (χ2v) is 5.42. The molecule has 1 saturated heterocycles. The minimum atomic E-state index is 0.104. The molecule has 2 heterocycles. The van der Waals surface area contributed by atoms with E-state index in [1.54, 1.807) is 0 Å². The van der Waals surface area contributed by atoms with E-state index >= 15 is 0 Å². The fourth-order valence-electron chi connectivity index (χ4n) is 2.81. The third-order valence-electron chi connectivity index (χ3n) is 3.58. The molecular formula is C13H18N2O2. The summed E-state index contributed by atoms with van der Waals surface area (Å²) in [6.45, 7) is 5.67. The van der Waals surface area contributed by atoms with Gasteiger partial charge >= 0.3 is 0 Å². The molecule has 1 atom stereocenters. The van der Waals surface area contributed by atoms with Gasteiger partial charge in [0.2, 0.25) is 6.79 Å². The molecular weight excluding hydrogens is 216 g/mol. The first-order chi connectivity index (χ1) is 8.06. The molecule has 4 heteroatoms. The minimum absolute atomic E-state index is 0.104. The van der Waals surface area contributed by atoms with E-state index in [0.29, 0.717) is 6.79 Å². The largest absolute Gasteiger partial charge is 0.454 e. The van der Waals surface area contributed by atoms with E-state index in [0.717, 1.165) is 30.2 Å². The summed E-state index contributed by atoms with van der Waals surface area (Å²) in [7, 11) is 0. The number of hydrogen-bond acceptors (Lipinski definition) is 4. The van der Waals surface area contributed by atoms with Crippen LogP contribution < -0.4 is 20.1 Å². The molecule has 92 valence electrons. The predicted octanol–water partition coefficient (Wildman–Crippen LogP) is 1.73. The van der Waals surface area contributed by atoms with Crippen molar-refractivity contribution in [3.63, 3.8) is 0 Å². The van der Waals surface area contributed by atoms with Crippen LogP contribution in [0.1, 0.15) is 20.3 Å². The lowest BCUT2D eigenvalue weighted by atomic mass is 10.00. The molecule has 2 aliphatic rings. The molecule has 0 aromatic heterocycles. The van der Waals surface area contributed by atoms with Crippen molar-refractivity contribution in [2.24, 2.45) is 5.73 Å². The van der Waals surface area contributed by atoms with Crippen molar-refractivity contribution in [3.05, 3.63) is 18.2 Å². The maximum atomic E-state index is 6.05. The minimum Gasteiger partial charge on any atom is -0.454 e. The van der Waals surface area contributed by atoms with Crippen molar-refractivity contribution in [2.75, 3.05) is 18.2 Å². The molecule has 17 heavy (non-hydrogen) atoms. The first kappa shape index (κ1) is 10.7. The van der Waals surface area contributed by atoms with Gasteiger partial charge in [0.25, 0.3) is 0 Å². The van der Waals surface area contributed by atoms with Gasteiger partial charge in [-0.05, 0) is 32.4 Å². The average Bonchev–Trinajstić information content (AvgIpc) is 2.80. The third-order valence-corrected chi connectivity index (χ3v) is 3.58. The summed E-state index contributed by atoms with van der Waals surface area (Å²) in [5, 5.41) is 0. The van der Waals surface area contributed by atoms with E-state index in [-0.39, 0.29) is 11.6 Å². The molecule has 1 unspecified atom stereocenters. The molecule has 0 spiro atoms. The number of benzene rings is 1. The smallest absolute Gasteiger partial charge is 0.231 e. The molecule has 0 bridgehead atoms. The van der Waals surface area contributed by atoms with Crippen molar-refractivity contribution >= 4 is 5.69 Å². The van der Waals surface area contributed by atoms with E-state index < -0.39 is 0 Å². The number of hydrogen-bond donors (Lipinski definition) is 1. The van der Waals surface area contributed by atoms with Crippen LogP contribution in [0.25, 0.3) is 0 Å². The molecule has 2 N–H and O–H groups in total. The maximum absolute atomic E-state index is 6.05. The Kier molecular flexibility index (Phi) is 2.23. The summed E-state index contributed by atoms with van der Waals surface area (Å²) >= 11 is 0. The van der Waals surface area contributed by atoms with Crippen LogP contribution in [0.2, 0.25) is 0 Å². The second-order valence-electron chi connectivity index (χ2n) is 5.42. The van der Waals surface area contributed by atoms with Crippen LogP contribution >= 0.6 is 0 Å². The highest BCUT2D eigenvalue weighted by atomic mass is 16.7. The number of anilines is 1. The van der Waals surface area contributed by atoms with Gasteiger partial charge in [0.05, 0.1) is 0 Å². The Hall–Kier alpha value is -1.42. The summed E-state index contributed by atoms with van der Waals surface area (Å²) in [5.41, 5.74) is 7.32. The van der Waals surface area contributed by atoms with Crippen LogP contribution in [0, 0.1) is 0 Å². The quantitative estimate of drug-likeness (QED) is 0.804. The Bertz CT molecular complexity index is 445. The van der Waals surface area contributed by atoms with E-state index in [4.69, 9.17) is 15.2 Å². The van der Waals surface area contributed by atoms with Crippen molar-refractivity contribution in [2.45, 2.75) is 31.8 Å². The fraction of sp³-hybridized carbons (Fsp3) is 0.538. The molecule has 0 saturated carbocycles. The van der Waals surface area contributed by atoms with Crippen LogP contribution in [0.5, 0.6) is 11.5 Å². The highest BCUT2D eigenvalue weighted by Gasteiger charge is 2.37. The first-order valence-corrected chi connectivity index (χ1v) is 5.99. The zero-order valence-electron chi connectivity index (χ0n) is 10.3. The van der Waals surface area contributed by atoms with Gasteiger partial charge in [0.1, 0.15) is 0 Å². The summed E-state index contributed by atoms with van der Waals surface area (Å²) in [4.78, 5) is 2.35. The van der Waals surface area contributed by atoms with Crippen molar-refractivity contribution < 1.29 is 9.47 Å². The van der Waals surface area contributed by atoms with Crippen LogP contribution in [0.15, 0.2) is 18.2 Å². The molecule has 1 fully saturated rings. The van der Waals surface area contributed by atoms with E-state index in [9.17, 15) is 0 Å². The van der Waals surface area contributed by atoms with E-state index in [2.05, 4.69) is 24.8 Å². The Morgan fingerprint density at radius 1 is 1.29 bits per heavy atom. The monoisotopic (exact) mass is 234 g/mol. The third kappa shape index (κ3) is 1.72. The van der Waals surface area contributed by atoms with Crippen LogP contribution in [-0.4, -0.2) is 24.9 Å². The zero-order valence-corrected chi connectivity index (χ0v) is 10.3. The van der Waals surface area contributed by atoms with E-state index in [1.807, 2.05) is 12.1 Å². The Morgan fingerprint density at radius 2 is 2.06 bits per heavy atom. The Balaban J connectivity index is 1.94. The summed E-state index contributed by atoms with van der Waals surface area (Å²) in [6, 6.07) is 6.34. The number of rotatable bonds is 1. The lowest BCUT2D eigenvalue weighted by Gasteiger charge is -2.33. The molecule has 0 aliphatic carbocycles. The van der Waals surface area contributed by atoms with Gasteiger partial charge in [-0.1, -0.05) is 0 Å². The van der Waals surface area contributed by atoms with Gasteiger partial charge in [0, 0.05) is 29.9 Å². The molecule has 0 amide bonds. The molecule has 1 aromatic rings. The number of nitrogens with zero attached hydrogens (tertiary/aromatic N) is 1. The number of nitrogens with two attached hydrogens (primary N) is 1. The van der Waals surface area contributed by atoms with E-state index in [1.165, 1.54) is 0 Å². The molecule has 4 nitrogen and oxygen atoms in total. The Morgan fingerprint density at radius 3 is 2.76 bits per heavy atom. The summed E-state index contributed by atoms with van der Waals surface area (Å²) in [5.74, 6) is 1.66. The van der Waals surface area contributed by atoms with Gasteiger partial charge in [-0.25, -0.2) is 0 Å². The highest BCUT2D eigenvalue weighted by molar-refractivity contribution is 5.59. The molecule has 3 rings (SSSR count). The van der Waals surface area contributed by atoms with Gasteiger partial charge < -0.3 is 20.1 Å². The summed E-state index contributed by atoms with van der Waals surface area (Å²) in [6.07, 6.45) is 1.02. The van der Waals surface area contributed by atoms with Gasteiger partial charge in [-0.3, -0.25) is 0 Å². The van der Waals surface area contributed by atoms with Gasteiger partial charge in [-0.15, -0.1) is 0 Å². The van der Waals surface area contributed by atoms with Crippen molar-refractivity contribution in [1.82, 2.24) is 0 Å². The standard InChI is InChI=1S/C13H18N2O2/c1-13(2)6-9(14)7-15(13)10-3-4-11-12(5-10)17-8-16-11/h3-5,9H,6-8,14H2,1-2H3.